The van der Waals surface area contributed by atoms with Crippen LogP contribution in [0.5, 0.6) is 0 Å². The first-order valence-electron chi connectivity index (χ1n) is 4.53. The molecule has 0 aliphatic heterocycles. The van der Waals surface area contributed by atoms with Crippen molar-refractivity contribution in [2.75, 3.05) is 14.2 Å². The highest BCUT2D eigenvalue weighted by Gasteiger charge is 2.16. The third kappa shape index (κ3) is 1.71. The third-order valence-electron chi connectivity index (χ3n) is 2.20. The van der Waals surface area contributed by atoms with E-state index in [9.17, 15) is 4.79 Å². The lowest BCUT2D eigenvalue weighted by atomic mass is 10.2. The van der Waals surface area contributed by atoms with Crippen LogP contribution >= 0.6 is 0 Å². The fourth-order valence-electron chi connectivity index (χ4n) is 1.33. The molecule has 0 aliphatic carbocycles. The summed E-state index contributed by atoms with van der Waals surface area (Å²) < 4.78 is 5.38. The number of hydrogen-bond donors (Lipinski definition) is 0. The number of carbonyl (C=O) groups is 1. The predicted octanol–water partition coefficient (Wildman–Crippen LogP) is 2.07. The maximum Gasteiger partial charge on any atom is 0.312 e. The van der Waals surface area contributed by atoms with Crippen LogP contribution in [0.4, 0.5) is 0 Å². The van der Waals surface area contributed by atoms with Crippen molar-refractivity contribution < 1.29 is 14.0 Å². The highest BCUT2D eigenvalue weighted by atomic mass is 16.7. The molecular weight excluding hydrogens is 194 g/mol. The molecule has 0 radical (unpaired) electrons. The second-order valence-electron chi connectivity index (χ2n) is 3.13. The summed E-state index contributed by atoms with van der Waals surface area (Å²) in [6.07, 6.45) is 0. The summed E-state index contributed by atoms with van der Waals surface area (Å²) in [5, 5.41) is 2.03. The molecule has 0 atom stereocenters. The summed E-state index contributed by atoms with van der Waals surface area (Å²) >= 11 is 0. The van der Waals surface area contributed by atoms with Crippen molar-refractivity contribution in [3.63, 3.8) is 0 Å². The molecule has 0 bridgehead atoms. The SMILES string of the molecule is CON(C)C(=O)c1cc2ccccc2o1. The van der Waals surface area contributed by atoms with E-state index < -0.39 is 0 Å². The summed E-state index contributed by atoms with van der Waals surface area (Å²) in [6, 6.07) is 9.17. The second kappa shape index (κ2) is 3.74. The van der Waals surface area contributed by atoms with Crippen LogP contribution in [-0.2, 0) is 4.84 Å². The quantitative estimate of drug-likeness (QED) is 0.705. The van der Waals surface area contributed by atoms with E-state index in [0.717, 1.165) is 10.4 Å². The summed E-state index contributed by atoms with van der Waals surface area (Å²) in [6.45, 7) is 0. The fourth-order valence-corrected chi connectivity index (χ4v) is 1.33. The van der Waals surface area contributed by atoms with Crippen molar-refractivity contribution >= 4 is 16.9 Å². The van der Waals surface area contributed by atoms with Crippen molar-refractivity contribution in [1.82, 2.24) is 5.06 Å². The van der Waals surface area contributed by atoms with Gasteiger partial charge in [0.2, 0.25) is 0 Å². The van der Waals surface area contributed by atoms with E-state index in [2.05, 4.69) is 0 Å². The predicted molar refractivity (Wildman–Crippen MR) is 55.3 cm³/mol. The summed E-state index contributed by atoms with van der Waals surface area (Å²) in [5.41, 5.74) is 0.699. The van der Waals surface area contributed by atoms with Gasteiger partial charge in [0, 0.05) is 12.4 Å². The minimum absolute atomic E-state index is 0.278. The highest BCUT2D eigenvalue weighted by molar-refractivity contribution is 5.95. The van der Waals surface area contributed by atoms with Crippen LogP contribution in [-0.4, -0.2) is 25.1 Å². The molecule has 0 N–H and O–H groups in total. The van der Waals surface area contributed by atoms with E-state index in [-0.39, 0.29) is 11.7 Å². The van der Waals surface area contributed by atoms with Crippen LogP contribution in [0.25, 0.3) is 11.0 Å². The Balaban J connectivity index is 2.41. The minimum atomic E-state index is -0.298. The normalized spacial score (nSPS) is 10.5. The first-order chi connectivity index (χ1) is 7.22. The van der Waals surface area contributed by atoms with Crippen LogP contribution in [0.2, 0.25) is 0 Å². The molecule has 1 heterocycles. The smallest absolute Gasteiger partial charge is 0.312 e. The summed E-state index contributed by atoms with van der Waals surface area (Å²) in [5.74, 6) is -0.0192. The molecule has 0 saturated carbocycles. The molecular formula is C11H11NO3. The van der Waals surface area contributed by atoms with Gasteiger partial charge in [-0.05, 0) is 12.1 Å². The number of hydroxylamine groups is 2. The van der Waals surface area contributed by atoms with E-state index in [1.807, 2.05) is 24.3 Å². The molecule has 0 spiro atoms. The number of hydrogen-bond acceptors (Lipinski definition) is 3. The Hall–Kier alpha value is -1.81. The lowest BCUT2D eigenvalue weighted by molar-refractivity contribution is -0.0772. The zero-order valence-electron chi connectivity index (χ0n) is 8.56. The van der Waals surface area contributed by atoms with Gasteiger partial charge in [0.1, 0.15) is 5.58 Å². The Bertz CT molecular complexity index is 456. The Morgan fingerprint density at radius 1 is 1.40 bits per heavy atom. The Kier molecular flexibility index (Phi) is 2.43. The first-order valence-corrected chi connectivity index (χ1v) is 4.53. The summed E-state index contributed by atoms with van der Waals surface area (Å²) in [4.78, 5) is 16.4. The molecule has 4 heteroatoms. The maximum atomic E-state index is 11.7. The van der Waals surface area contributed by atoms with E-state index in [4.69, 9.17) is 9.25 Å². The fraction of sp³-hybridized carbons (Fsp3) is 0.182. The minimum Gasteiger partial charge on any atom is -0.451 e. The first kappa shape index (κ1) is 9.73. The second-order valence-corrected chi connectivity index (χ2v) is 3.13. The number of benzene rings is 1. The van der Waals surface area contributed by atoms with E-state index in [1.54, 1.807) is 6.07 Å². The van der Waals surface area contributed by atoms with Crippen LogP contribution < -0.4 is 0 Å². The van der Waals surface area contributed by atoms with Gasteiger partial charge in [0.05, 0.1) is 7.11 Å². The maximum absolute atomic E-state index is 11.7. The van der Waals surface area contributed by atoms with E-state index in [0.29, 0.717) is 5.58 Å². The largest absolute Gasteiger partial charge is 0.451 e. The molecule has 1 aromatic carbocycles. The number of para-hydroxylation sites is 1. The molecule has 2 rings (SSSR count). The Morgan fingerprint density at radius 2 is 2.13 bits per heavy atom. The van der Waals surface area contributed by atoms with Gasteiger partial charge in [-0.2, -0.15) is 0 Å². The van der Waals surface area contributed by atoms with E-state index in [1.165, 1.54) is 14.2 Å². The van der Waals surface area contributed by atoms with Gasteiger partial charge >= 0.3 is 5.91 Å². The number of fused-ring (bicyclic) bond motifs is 1. The van der Waals surface area contributed by atoms with Gasteiger partial charge in [0.25, 0.3) is 0 Å². The molecule has 2 aromatic rings. The lowest BCUT2D eigenvalue weighted by Crippen LogP contribution is -2.24. The van der Waals surface area contributed by atoms with Gasteiger partial charge in [-0.1, -0.05) is 18.2 Å². The van der Waals surface area contributed by atoms with Crippen molar-refractivity contribution in [2.45, 2.75) is 0 Å². The van der Waals surface area contributed by atoms with Gasteiger partial charge in [-0.3, -0.25) is 9.63 Å². The van der Waals surface area contributed by atoms with Gasteiger partial charge in [-0.15, -0.1) is 0 Å². The Labute approximate surface area is 87.0 Å². The number of amides is 1. The van der Waals surface area contributed by atoms with Crippen LogP contribution in [0.1, 0.15) is 10.6 Å². The molecule has 0 saturated heterocycles. The number of furan rings is 1. The van der Waals surface area contributed by atoms with Crippen molar-refractivity contribution in [2.24, 2.45) is 0 Å². The molecule has 0 fully saturated rings. The molecule has 78 valence electrons. The molecule has 0 unspecified atom stereocenters. The topological polar surface area (TPSA) is 42.7 Å². The standard InChI is InChI=1S/C11H11NO3/c1-12(14-2)11(13)10-7-8-5-3-4-6-9(8)15-10/h3-7H,1-2H3. The number of nitrogens with zero attached hydrogens (tertiary/aromatic N) is 1. The molecule has 0 aliphatic rings. The highest BCUT2D eigenvalue weighted by Crippen LogP contribution is 2.19. The van der Waals surface area contributed by atoms with Crippen molar-refractivity contribution in [1.29, 1.82) is 0 Å². The van der Waals surface area contributed by atoms with Crippen LogP contribution in [0.15, 0.2) is 34.7 Å². The van der Waals surface area contributed by atoms with Crippen molar-refractivity contribution in [3.8, 4) is 0 Å². The molecule has 4 nitrogen and oxygen atoms in total. The van der Waals surface area contributed by atoms with Gasteiger partial charge < -0.3 is 4.42 Å². The number of carbonyl (C=O) groups excluding carboxylic acids is 1. The molecule has 1 amide bonds. The van der Waals surface area contributed by atoms with Crippen molar-refractivity contribution in [3.05, 3.63) is 36.1 Å². The van der Waals surface area contributed by atoms with E-state index >= 15 is 0 Å². The Morgan fingerprint density at radius 3 is 2.80 bits per heavy atom. The third-order valence-corrected chi connectivity index (χ3v) is 2.20. The van der Waals surface area contributed by atoms with Gasteiger partial charge in [-0.25, -0.2) is 5.06 Å². The zero-order valence-corrected chi connectivity index (χ0v) is 8.56. The average Bonchev–Trinajstić information content (AvgIpc) is 2.70. The van der Waals surface area contributed by atoms with Crippen LogP contribution in [0.3, 0.4) is 0 Å². The average molecular weight is 205 g/mol. The summed E-state index contributed by atoms with van der Waals surface area (Å²) in [7, 11) is 2.97. The van der Waals surface area contributed by atoms with Gasteiger partial charge in [0.15, 0.2) is 5.76 Å². The zero-order chi connectivity index (χ0) is 10.8. The monoisotopic (exact) mass is 205 g/mol. The number of rotatable bonds is 2. The lowest BCUT2D eigenvalue weighted by Gasteiger charge is -2.10. The molecule has 1 aromatic heterocycles. The van der Waals surface area contributed by atoms with Crippen LogP contribution in [0, 0.1) is 0 Å². The molecule has 15 heavy (non-hydrogen) atoms.